The van der Waals surface area contributed by atoms with E-state index < -0.39 is 24.2 Å². The second kappa shape index (κ2) is 10.8. The molecule has 0 aliphatic carbocycles. The molecule has 33 heavy (non-hydrogen) atoms. The van der Waals surface area contributed by atoms with Gasteiger partial charge in [0.25, 0.3) is 0 Å². The highest BCUT2D eigenvalue weighted by atomic mass is 33.1. The molecule has 0 aromatic heterocycles. The molecule has 12 heteroatoms. The van der Waals surface area contributed by atoms with E-state index in [1.807, 2.05) is 0 Å². The third kappa shape index (κ3) is 6.32. The predicted octanol–water partition coefficient (Wildman–Crippen LogP) is 2.35. The molecule has 0 saturated carbocycles. The number of fused-ring (bicyclic) bond motifs is 2. The zero-order valence-corrected chi connectivity index (χ0v) is 18.9. The summed E-state index contributed by atoms with van der Waals surface area (Å²) in [6, 6.07) is 9.09. The average molecular weight is 495 g/mol. The van der Waals surface area contributed by atoms with Gasteiger partial charge < -0.3 is 35.3 Å². The van der Waals surface area contributed by atoms with Crippen molar-refractivity contribution in [3.8, 4) is 0 Å². The van der Waals surface area contributed by atoms with Crippen molar-refractivity contribution < 1.29 is 39.9 Å². The second-order valence-electron chi connectivity index (χ2n) is 7.24. The molecule has 3 rings (SSSR count). The Balaban J connectivity index is 2.10. The fraction of sp³-hybridized carbons (Fsp3) is 0.286. The van der Waals surface area contributed by atoms with Gasteiger partial charge in [0, 0.05) is 28.4 Å². The normalized spacial score (nSPS) is 14.3. The topological polar surface area (TPSA) is 159 Å². The summed E-state index contributed by atoms with van der Waals surface area (Å²) in [5, 5.41) is 47.4. The molecule has 5 N–H and O–H groups in total. The van der Waals surface area contributed by atoms with Crippen LogP contribution < -0.4 is 9.80 Å². The number of anilines is 2. The third-order valence-electron chi connectivity index (χ3n) is 4.90. The number of rotatable bonds is 6. The van der Waals surface area contributed by atoms with Gasteiger partial charge in [0.15, 0.2) is 6.29 Å². The van der Waals surface area contributed by atoms with E-state index in [-0.39, 0.29) is 24.2 Å². The molecule has 1 aliphatic heterocycles. The van der Waals surface area contributed by atoms with Crippen LogP contribution in [-0.2, 0) is 9.59 Å². The molecule has 0 radical (unpaired) electrons. The number of carboxylic acids is 3. The Labute approximate surface area is 196 Å². The lowest BCUT2D eigenvalue weighted by Gasteiger charge is -2.27. The van der Waals surface area contributed by atoms with E-state index in [9.17, 15) is 39.9 Å². The van der Waals surface area contributed by atoms with E-state index >= 15 is 0 Å². The lowest BCUT2D eigenvalue weighted by atomic mass is 10.1. The number of hydrogen-bond acceptors (Lipinski definition) is 9. The van der Waals surface area contributed by atoms with Crippen molar-refractivity contribution in [1.82, 2.24) is 0 Å². The van der Waals surface area contributed by atoms with Crippen LogP contribution >= 0.6 is 21.6 Å². The summed E-state index contributed by atoms with van der Waals surface area (Å²) in [6.07, 6.45) is -1.29. The van der Waals surface area contributed by atoms with Crippen molar-refractivity contribution in [3.05, 3.63) is 47.5 Å². The Morgan fingerprint density at radius 3 is 1.82 bits per heavy atom. The summed E-state index contributed by atoms with van der Waals surface area (Å²) in [6.45, 7) is 0.00567. The van der Waals surface area contributed by atoms with E-state index in [1.54, 1.807) is 28.0 Å². The Hall–Kier alpha value is -2.93. The molecule has 1 aliphatic rings. The minimum Gasteiger partial charge on any atom is -0.480 e. The number of benzene rings is 2. The van der Waals surface area contributed by atoms with Crippen LogP contribution in [0.2, 0.25) is 0 Å². The first-order chi connectivity index (χ1) is 15.7. The molecule has 10 nitrogen and oxygen atoms in total. The van der Waals surface area contributed by atoms with Crippen LogP contribution in [0.3, 0.4) is 0 Å². The summed E-state index contributed by atoms with van der Waals surface area (Å²) >= 11 is 0. The van der Waals surface area contributed by atoms with Gasteiger partial charge in [0.05, 0.1) is 16.9 Å². The maximum atomic E-state index is 11.5. The molecule has 0 fully saturated rings. The monoisotopic (exact) mass is 494 g/mol. The van der Waals surface area contributed by atoms with Crippen LogP contribution in [0.25, 0.3) is 0 Å². The molecule has 2 aromatic rings. The molecule has 0 saturated heterocycles. The number of aliphatic hydroxyl groups excluding tert-OH is 1. The number of aliphatic carboxylic acids is 2. The highest BCUT2D eigenvalue weighted by Crippen LogP contribution is 2.46. The van der Waals surface area contributed by atoms with Crippen molar-refractivity contribution in [2.75, 3.05) is 36.0 Å². The van der Waals surface area contributed by atoms with Crippen LogP contribution in [0.15, 0.2) is 46.2 Å². The summed E-state index contributed by atoms with van der Waals surface area (Å²) < 4.78 is 0. The maximum absolute atomic E-state index is 11.5. The lowest BCUT2D eigenvalue weighted by Crippen LogP contribution is -2.35. The quantitative estimate of drug-likeness (QED) is 0.295. The van der Waals surface area contributed by atoms with Gasteiger partial charge in [-0.15, -0.1) is 0 Å². The number of aliphatic hydroxyl groups is 2. The Bertz CT molecular complexity index is 1060. The number of carboxylic acid groups (broad SMARTS) is 3. The first-order valence-electron chi connectivity index (χ1n) is 9.81. The maximum Gasteiger partial charge on any atom is 0.335 e. The minimum atomic E-state index is -1.72. The molecule has 0 bridgehead atoms. The van der Waals surface area contributed by atoms with Gasteiger partial charge in [-0.1, -0.05) is 27.7 Å². The van der Waals surface area contributed by atoms with Crippen LogP contribution in [-0.4, -0.2) is 69.6 Å². The fourth-order valence-corrected chi connectivity index (χ4v) is 5.88. The van der Waals surface area contributed by atoms with Crippen LogP contribution in [0, 0.1) is 0 Å². The molecule has 1 heterocycles. The Morgan fingerprint density at radius 1 is 0.818 bits per heavy atom. The molecular weight excluding hydrogens is 472 g/mol. The SMILES string of the molecule is O=C(O)CN1CCCN(CC(=O)O)c2ccc(C(O)O)cc2SSc2cc(C(=O)O)ccc21. The molecule has 0 spiro atoms. The fourth-order valence-electron chi connectivity index (χ4n) is 3.43. The number of aromatic carboxylic acids is 1. The van der Waals surface area contributed by atoms with Crippen molar-refractivity contribution >= 4 is 50.9 Å². The molecule has 0 amide bonds. The number of hydrogen-bond donors (Lipinski definition) is 5. The van der Waals surface area contributed by atoms with Crippen molar-refractivity contribution in [2.45, 2.75) is 22.5 Å². The summed E-state index contributed by atoms with van der Waals surface area (Å²) in [5.41, 5.74) is 1.38. The van der Waals surface area contributed by atoms with Gasteiger partial charge in [-0.2, -0.15) is 0 Å². The van der Waals surface area contributed by atoms with Crippen molar-refractivity contribution in [3.63, 3.8) is 0 Å². The zero-order chi connectivity index (χ0) is 24.1. The van der Waals surface area contributed by atoms with Gasteiger partial charge in [0.2, 0.25) is 0 Å². The summed E-state index contributed by atoms with van der Waals surface area (Å²) in [7, 11) is 2.38. The van der Waals surface area contributed by atoms with E-state index in [1.165, 1.54) is 39.8 Å². The number of carbonyl (C=O) groups is 3. The van der Waals surface area contributed by atoms with Gasteiger partial charge in [0.1, 0.15) is 13.1 Å². The second-order valence-corrected chi connectivity index (χ2v) is 9.45. The smallest absolute Gasteiger partial charge is 0.335 e. The summed E-state index contributed by atoms with van der Waals surface area (Å²) in [4.78, 5) is 38.8. The van der Waals surface area contributed by atoms with E-state index in [2.05, 4.69) is 0 Å². The van der Waals surface area contributed by atoms with Gasteiger partial charge in [-0.25, -0.2) is 4.79 Å². The van der Waals surface area contributed by atoms with Gasteiger partial charge in [-0.05, 0) is 36.8 Å². The first kappa shape index (κ1) is 24.7. The molecule has 176 valence electrons. The zero-order valence-electron chi connectivity index (χ0n) is 17.2. The highest BCUT2D eigenvalue weighted by Gasteiger charge is 2.22. The largest absolute Gasteiger partial charge is 0.480 e. The Kier molecular flexibility index (Phi) is 8.08. The van der Waals surface area contributed by atoms with E-state index in [0.717, 1.165) is 0 Å². The summed E-state index contributed by atoms with van der Waals surface area (Å²) in [5.74, 6) is -3.22. The number of nitrogens with zero attached hydrogens (tertiary/aromatic N) is 2. The predicted molar refractivity (Wildman–Crippen MR) is 123 cm³/mol. The van der Waals surface area contributed by atoms with E-state index in [4.69, 9.17) is 0 Å². The standard InChI is InChI=1S/C21H22N2O8S2/c24-18(25)10-22-6-1-7-23(11-19(26)27)15-5-3-13(21(30)31)9-17(15)33-32-16-8-12(20(28)29)2-4-14(16)22/h2-5,8-9,20,28-29H,1,6-7,10-11H2,(H,24,25)(H,26,27)(H,30,31). The average Bonchev–Trinajstić information content (AvgIpc) is 2.77. The highest BCUT2D eigenvalue weighted by molar-refractivity contribution is 8.76. The van der Waals surface area contributed by atoms with Crippen LogP contribution in [0.1, 0.15) is 28.6 Å². The van der Waals surface area contributed by atoms with Gasteiger partial charge in [-0.3, -0.25) is 9.59 Å². The first-order valence-corrected chi connectivity index (χ1v) is 12.0. The molecule has 2 aromatic carbocycles. The minimum absolute atomic E-state index is 0.0410. The Morgan fingerprint density at radius 2 is 1.33 bits per heavy atom. The van der Waals surface area contributed by atoms with Crippen molar-refractivity contribution in [1.29, 1.82) is 0 Å². The van der Waals surface area contributed by atoms with Gasteiger partial charge >= 0.3 is 17.9 Å². The third-order valence-corrected chi connectivity index (χ3v) is 7.32. The molecule has 0 unspecified atom stereocenters. The molecular formula is C21H22N2O8S2. The van der Waals surface area contributed by atoms with E-state index in [0.29, 0.717) is 40.7 Å². The lowest BCUT2D eigenvalue weighted by molar-refractivity contribution is -0.136. The molecule has 0 atom stereocenters. The van der Waals surface area contributed by atoms with Crippen LogP contribution in [0.4, 0.5) is 11.4 Å². The van der Waals surface area contributed by atoms with Crippen LogP contribution in [0.5, 0.6) is 0 Å². The van der Waals surface area contributed by atoms with Crippen molar-refractivity contribution in [2.24, 2.45) is 0 Å².